The zero-order valence-corrected chi connectivity index (χ0v) is 11.7. The molecule has 0 unspecified atom stereocenters. The van der Waals surface area contributed by atoms with E-state index >= 15 is 0 Å². The fourth-order valence-electron chi connectivity index (χ4n) is 1.72. The minimum Gasteiger partial charge on any atom is -0.381 e. The number of anilines is 1. The van der Waals surface area contributed by atoms with Gasteiger partial charge in [-0.25, -0.2) is 8.42 Å². The van der Waals surface area contributed by atoms with Gasteiger partial charge in [0.15, 0.2) is 9.84 Å². The van der Waals surface area contributed by atoms with E-state index in [-0.39, 0.29) is 0 Å². The molecule has 0 amide bonds. The average Bonchev–Trinajstić information content (AvgIpc) is 2.37. The van der Waals surface area contributed by atoms with Crippen molar-refractivity contribution in [1.82, 2.24) is 4.98 Å². The predicted molar refractivity (Wildman–Crippen MR) is 75.9 cm³/mol. The second-order valence-electron chi connectivity index (χ2n) is 4.45. The van der Waals surface area contributed by atoms with E-state index in [1.807, 2.05) is 19.2 Å². The summed E-state index contributed by atoms with van der Waals surface area (Å²) in [6, 6.07) is 8.72. The van der Waals surface area contributed by atoms with Crippen LogP contribution in [0.4, 0.5) is 5.69 Å². The molecule has 1 aromatic carbocycles. The van der Waals surface area contributed by atoms with E-state index in [9.17, 15) is 8.42 Å². The molecule has 19 heavy (non-hydrogen) atoms. The van der Waals surface area contributed by atoms with Gasteiger partial charge in [-0.2, -0.15) is 0 Å². The number of nitrogens with one attached hydrogen (secondary N) is 1. The third-order valence-corrected chi connectivity index (χ3v) is 4.03. The highest BCUT2D eigenvalue weighted by Crippen LogP contribution is 2.15. The molecule has 0 aliphatic carbocycles. The van der Waals surface area contributed by atoms with Gasteiger partial charge in [0.05, 0.1) is 4.90 Å². The summed E-state index contributed by atoms with van der Waals surface area (Å²) in [6.45, 7) is 2.70. The van der Waals surface area contributed by atoms with Crippen LogP contribution in [-0.4, -0.2) is 19.7 Å². The molecule has 1 N–H and O–H groups in total. The number of benzene rings is 1. The molecular weight excluding hydrogens is 260 g/mol. The molecule has 4 nitrogen and oxygen atoms in total. The second-order valence-corrected chi connectivity index (χ2v) is 6.47. The van der Waals surface area contributed by atoms with Crippen LogP contribution in [0.25, 0.3) is 0 Å². The first-order valence-corrected chi connectivity index (χ1v) is 7.79. The number of hydrogen-bond donors (Lipinski definition) is 1. The number of aromatic nitrogens is 1. The largest absolute Gasteiger partial charge is 0.381 e. The molecule has 100 valence electrons. The van der Waals surface area contributed by atoms with Crippen molar-refractivity contribution in [3.8, 4) is 0 Å². The molecule has 0 aliphatic rings. The average molecular weight is 276 g/mol. The Bertz CT molecular complexity index is 664. The Morgan fingerprint density at radius 2 is 1.84 bits per heavy atom. The fourth-order valence-corrected chi connectivity index (χ4v) is 2.35. The monoisotopic (exact) mass is 276 g/mol. The summed E-state index contributed by atoms with van der Waals surface area (Å²) in [5, 5.41) is 3.26. The van der Waals surface area contributed by atoms with E-state index in [4.69, 9.17) is 0 Å². The smallest absolute Gasteiger partial charge is 0.175 e. The summed E-state index contributed by atoms with van der Waals surface area (Å²) in [5.74, 6) is 0. The van der Waals surface area contributed by atoms with Gasteiger partial charge in [-0.15, -0.1) is 0 Å². The molecule has 5 heteroatoms. The van der Waals surface area contributed by atoms with Crippen molar-refractivity contribution in [3.05, 3.63) is 53.9 Å². The molecule has 0 bridgehead atoms. The van der Waals surface area contributed by atoms with E-state index in [0.29, 0.717) is 11.4 Å². The number of pyridine rings is 1. The molecule has 0 saturated carbocycles. The SMILES string of the molecule is Cc1cnccc1CNc1ccc(S(C)(=O)=O)cc1. The number of nitrogens with zero attached hydrogens (tertiary/aromatic N) is 1. The number of sulfone groups is 1. The first-order chi connectivity index (χ1) is 8.97. The molecule has 0 fully saturated rings. The van der Waals surface area contributed by atoms with E-state index < -0.39 is 9.84 Å². The van der Waals surface area contributed by atoms with E-state index in [1.54, 1.807) is 30.5 Å². The van der Waals surface area contributed by atoms with Gasteiger partial charge in [-0.05, 0) is 48.4 Å². The molecule has 0 atom stereocenters. The van der Waals surface area contributed by atoms with E-state index in [2.05, 4.69) is 10.3 Å². The van der Waals surface area contributed by atoms with Gasteiger partial charge in [-0.3, -0.25) is 4.98 Å². The normalized spacial score (nSPS) is 11.3. The molecule has 0 spiro atoms. The van der Waals surface area contributed by atoms with Gasteiger partial charge in [0.25, 0.3) is 0 Å². The van der Waals surface area contributed by atoms with Crippen LogP contribution in [0.1, 0.15) is 11.1 Å². The summed E-state index contributed by atoms with van der Waals surface area (Å²) in [7, 11) is -3.13. The lowest BCUT2D eigenvalue weighted by Gasteiger charge is -2.09. The van der Waals surface area contributed by atoms with Gasteiger partial charge in [-0.1, -0.05) is 0 Å². The van der Waals surface area contributed by atoms with Crippen molar-refractivity contribution in [2.24, 2.45) is 0 Å². The Morgan fingerprint density at radius 3 is 2.42 bits per heavy atom. The third kappa shape index (κ3) is 3.54. The zero-order chi connectivity index (χ0) is 13.9. The predicted octanol–water partition coefficient (Wildman–Crippen LogP) is 2.41. The van der Waals surface area contributed by atoms with Crippen molar-refractivity contribution >= 4 is 15.5 Å². The van der Waals surface area contributed by atoms with Crippen LogP contribution in [0.2, 0.25) is 0 Å². The summed E-state index contributed by atoms with van der Waals surface area (Å²) in [5.41, 5.74) is 3.19. The molecule has 1 aromatic heterocycles. The van der Waals surface area contributed by atoms with Crippen LogP contribution in [-0.2, 0) is 16.4 Å². The molecule has 0 aliphatic heterocycles. The van der Waals surface area contributed by atoms with Crippen LogP contribution in [0.3, 0.4) is 0 Å². The summed E-state index contributed by atoms with van der Waals surface area (Å²) >= 11 is 0. The molecule has 0 saturated heterocycles. The lowest BCUT2D eigenvalue weighted by atomic mass is 10.1. The number of aryl methyl sites for hydroxylation is 1. The van der Waals surface area contributed by atoms with Crippen molar-refractivity contribution in [1.29, 1.82) is 0 Å². The zero-order valence-electron chi connectivity index (χ0n) is 10.9. The maximum atomic E-state index is 11.3. The standard InChI is InChI=1S/C14H16N2O2S/c1-11-9-15-8-7-12(11)10-16-13-3-5-14(6-4-13)19(2,17)18/h3-9,16H,10H2,1-2H3. The third-order valence-electron chi connectivity index (χ3n) is 2.90. The van der Waals surface area contributed by atoms with Gasteiger partial charge in [0.2, 0.25) is 0 Å². The highest BCUT2D eigenvalue weighted by molar-refractivity contribution is 7.90. The Labute approximate surface area is 113 Å². The van der Waals surface area contributed by atoms with Crippen LogP contribution >= 0.6 is 0 Å². The fraction of sp³-hybridized carbons (Fsp3) is 0.214. The molecule has 0 radical (unpaired) electrons. The quantitative estimate of drug-likeness (QED) is 0.931. The van der Waals surface area contributed by atoms with Crippen LogP contribution < -0.4 is 5.32 Å². The van der Waals surface area contributed by atoms with Gasteiger partial charge < -0.3 is 5.32 Å². The minimum atomic E-state index is -3.13. The topological polar surface area (TPSA) is 59.1 Å². The van der Waals surface area contributed by atoms with E-state index in [1.165, 1.54) is 11.8 Å². The Morgan fingerprint density at radius 1 is 1.16 bits per heavy atom. The van der Waals surface area contributed by atoms with Crippen LogP contribution in [0.15, 0.2) is 47.6 Å². The number of rotatable bonds is 4. The Hall–Kier alpha value is -1.88. The maximum Gasteiger partial charge on any atom is 0.175 e. The molecule has 2 aromatic rings. The van der Waals surface area contributed by atoms with Crippen molar-refractivity contribution in [2.45, 2.75) is 18.4 Å². The Balaban J connectivity index is 2.07. The van der Waals surface area contributed by atoms with Crippen LogP contribution in [0, 0.1) is 6.92 Å². The van der Waals surface area contributed by atoms with E-state index in [0.717, 1.165) is 11.3 Å². The lowest BCUT2D eigenvalue weighted by Crippen LogP contribution is -2.02. The second kappa shape index (κ2) is 5.40. The highest BCUT2D eigenvalue weighted by atomic mass is 32.2. The Kier molecular flexibility index (Phi) is 3.85. The van der Waals surface area contributed by atoms with Crippen molar-refractivity contribution < 1.29 is 8.42 Å². The highest BCUT2D eigenvalue weighted by Gasteiger charge is 2.06. The van der Waals surface area contributed by atoms with Crippen molar-refractivity contribution in [3.63, 3.8) is 0 Å². The summed E-state index contributed by atoms with van der Waals surface area (Å²) in [4.78, 5) is 4.38. The van der Waals surface area contributed by atoms with Gasteiger partial charge >= 0.3 is 0 Å². The molecule has 2 rings (SSSR count). The molecule has 1 heterocycles. The molecular formula is C14H16N2O2S. The van der Waals surface area contributed by atoms with Gasteiger partial charge in [0.1, 0.15) is 0 Å². The lowest BCUT2D eigenvalue weighted by molar-refractivity contribution is 0.602. The van der Waals surface area contributed by atoms with Crippen LogP contribution in [0.5, 0.6) is 0 Å². The maximum absolute atomic E-state index is 11.3. The van der Waals surface area contributed by atoms with Crippen molar-refractivity contribution in [2.75, 3.05) is 11.6 Å². The first-order valence-electron chi connectivity index (χ1n) is 5.90. The summed E-state index contributed by atoms with van der Waals surface area (Å²) < 4.78 is 22.7. The number of hydrogen-bond acceptors (Lipinski definition) is 4. The summed E-state index contributed by atoms with van der Waals surface area (Å²) in [6.07, 6.45) is 4.79. The van der Waals surface area contributed by atoms with Gasteiger partial charge in [0, 0.05) is 30.9 Å². The first kappa shape index (κ1) is 13.5. The minimum absolute atomic E-state index is 0.332.